The second kappa shape index (κ2) is 7.35. The van der Waals surface area contributed by atoms with Gasteiger partial charge in [0.05, 0.1) is 22.8 Å². The van der Waals surface area contributed by atoms with E-state index in [-0.39, 0.29) is 5.91 Å². The zero-order valence-corrected chi connectivity index (χ0v) is 15.8. The van der Waals surface area contributed by atoms with Crippen molar-refractivity contribution in [3.63, 3.8) is 0 Å². The molecule has 3 aromatic rings. The standard InChI is InChI=1S/C20H21N3O2S/c1-13-23-18(12-26-13)11-22-19(24)15-6-4-14(5-7-15)16-8-17(10-21-9-16)20(2,3)25/h4-10,12,25H,11H2,1-3H3,(H,22,24). The van der Waals surface area contributed by atoms with Crippen LogP contribution in [0.5, 0.6) is 0 Å². The number of pyridine rings is 1. The Kier molecular flexibility index (Phi) is 5.15. The Morgan fingerprint density at radius 1 is 1.19 bits per heavy atom. The molecule has 0 unspecified atom stereocenters. The van der Waals surface area contributed by atoms with Crippen molar-refractivity contribution in [2.45, 2.75) is 32.9 Å². The second-order valence-electron chi connectivity index (χ2n) is 6.64. The molecule has 5 nitrogen and oxygen atoms in total. The molecule has 0 fully saturated rings. The highest BCUT2D eigenvalue weighted by molar-refractivity contribution is 7.09. The average molecular weight is 367 g/mol. The Morgan fingerprint density at radius 2 is 1.92 bits per heavy atom. The number of hydrogen-bond donors (Lipinski definition) is 2. The molecule has 3 rings (SSSR count). The van der Waals surface area contributed by atoms with Gasteiger partial charge >= 0.3 is 0 Å². The van der Waals surface area contributed by atoms with Crippen molar-refractivity contribution in [3.8, 4) is 11.1 Å². The highest BCUT2D eigenvalue weighted by Gasteiger charge is 2.17. The molecule has 0 saturated heterocycles. The number of carbonyl (C=O) groups excluding carboxylic acids is 1. The van der Waals surface area contributed by atoms with E-state index in [1.165, 1.54) is 0 Å². The molecule has 0 saturated carbocycles. The van der Waals surface area contributed by atoms with Crippen molar-refractivity contribution < 1.29 is 9.90 Å². The first kappa shape index (κ1) is 18.2. The van der Waals surface area contributed by atoms with Crippen LogP contribution in [0.4, 0.5) is 0 Å². The Morgan fingerprint density at radius 3 is 2.54 bits per heavy atom. The summed E-state index contributed by atoms with van der Waals surface area (Å²) in [5.74, 6) is -0.134. The summed E-state index contributed by atoms with van der Waals surface area (Å²) in [6.07, 6.45) is 3.40. The lowest BCUT2D eigenvalue weighted by Gasteiger charge is -2.18. The SMILES string of the molecule is Cc1nc(CNC(=O)c2ccc(-c3cncc(C(C)(C)O)c3)cc2)cs1. The molecule has 0 atom stereocenters. The summed E-state index contributed by atoms with van der Waals surface area (Å²) in [5.41, 5.74) is 3.09. The number of aliphatic hydroxyl groups is 1. The first-order chi connectivity index (χ1) is 12.3. The number of aryl methyl sites for hydroxylation is 1. The van der Waals surface area contributed by atoms with Gasteiger partial charge in [-0.1, -0.05) is 12.1 Å². The van der Waals surface area contributed by atoms with Crippen LogP contribution in [0, 0.1) is 6.92 Å². The van der Waals surface area contributed by atoms with E-state index in [1.807, 2.05) is 30.5 Å². The van der Waals surface area contributed by atoms with Gasteiger partial charge in [-0.2, -0.15) is 0 Å². The predicted octanol–water partition coefficient (Wildman–Crippen LogP) is 3.67. The number of benzene rings is 1. The van der Waals surface area contributed by atoms with Crippen molar-refractivity contribution >= 4 is 17.2 Å². The molecule has 2 aromatic heterocycles. The Labute approximate surface area is 156 Å². The van der Waals surface area contributed by atoms with Crippen molar-refractivity contribution in [1.82, 2.24) is 15.3 Å². The first-order valence-corrected chi connectivity index (χ1v) is 9.18. The average Bonchev–Trinajstić information content (AvgIpc) is 3.04. The smallest absolute Gasteiger partial charge is 0.251 e. The van der Waals surface area contributed by atoms with Crippen LogP contribution < -0.4 is 5.32 Å². The van der Waals surface area contributed by atoms with Gasteiger partial charge in [0.25, 0.3) is 5.91 Å². The topological polar surface area (TPSA) is 75.1 Å². The van der Waals surface area contributed by atoms with Gasteiger partial charge in [-0.05, 0) is 44.5 Å². The third kappa shape index (κ3) is 4.33. The van der Waals surface area contributed by atoms with Crippen LogP contribution >= 0.6 is 11.3 Å². The second-order valence-corrected chi connectivity index (χ2v) is 7.70. The Bertz CT molecular complexity index is 911. The minimum absolute atomic E-state index is 0.134. The predicted molar refractivity (Wildman–Crippen MR) is 103 cm³/mol. The van der Waals surface area contributed by atoms with Gasteiger partial charge in [-0.25, -0.2) is 4.98 Å². The summed E-state index contributed by atoms with van der Waals surface area (Å²) in [4.78, 5) is 20.8. The largest absolute Gasteiger partial charge is 0.386 e. The van der Waals surface area contributed by atoms with E-state index in [1.54, 1.807) is 49.7 Å². The maximum Gasteiger partial charge on any atom is 0.251 e. The highest BCUT2D eigenvalue weighted by Crippen LogP contribution is 2.25. The third-order valence-electron chi connectivity index (χ3n) is 4.02. The monoisotopic (exact) mass is 367 g/mol. The Hall–Kier alpha value is -2.57. The zero-order valence-electron chi connectivity index (χ0n) is 15.0. The van der Waals surface area contributed by atoms with Crippen LogP contribution in [0.3, 0.4) is 0 Å². The number of carbonyl (C=O) groups is 1. The van der Waals surface area contributed by atoms with E-state index in [4.69, 9.17) is 0 Å². The van der Waals surface area contributed by atoms with Crippen molar-refractivity contribution in [2.75, 3.05) is 0 Å². The minimum Gasteiger partial charge on any atom is -0.386 e. The molecule has 2 heterocycles. The number of rotatable bonds is 5. The molecule has 0 spiro atoms. The summed E-state index contributed by atoms with van der Waals surface area (Å²) in [7, 11) is 0. The van der Waals surface area contributed by atoms with Crippen LogP contribution in [0.1, 0.15) is 40.5 Å². The molecule has 26 heavy (non-hydrogen) atoms. The van der Waals surface area contributed by atoms with Gasteiger partial charge in [0.15, 0.2) is 0 Å². The molecule has 1 aromatic carbocycles. The lowest BCUT2D eigenvalue weighted by atomic mass is 9.96. The van der Waals surface area contributed by atoms with Crippen LogP contribution in [0.15, 0.2) is 48.1 Å². The van der Waals surface area contributed by atoms with E-state index < -0.39 is 5.60 Å². The van der Waals surface area contributed by atoms with Gasteiger partial charge in [0, 0.05) is 34.5 Å². The molecule has 0 bridgehead atoms. The molecule has 134 valence electrons. The molecule has 0 radical (unpaired) electrons. The number of nitrogens with zero attached hydrogens (tertiary/aromatic N) is 2. The van der Waals surface area contributed by atoms with E-state index in [2.05, 4.69) is 15.3 Å². The number of nitrogens with one attached hydrogen (secondary N) is 1. The van der Waals surface area contributed by atoms with Gasteiger partial charge in [-0.3, -0.25) is 9.78 Å². The van der Waals surface area contributed by atoms with Crippen molar-refractivity contribution in [3.05, 3.63) is 69.9 Å². The molecule has 6 heteroatoms. The number of amides is 1. The highest BCUT2D eigenvalue weighted by atomic mass is 32.1. The molecule has 0 aliphatic rings. The zero-order chi connectivity index (χ0) is 18.7. The fraction of sp³-hybridized carbons (Fsp3) is 0.250. The Balaban J connectivity index is 1.71. The molecule has 1 amide bonds. The summed E-state index contributed by atoms with van der Waals surface area (Å²) in [6.45, 7) is 5.81. The van der Waals surface area contributed by atoms with Gasteiger partial charge in [-0.15, -0.1) is 11.3 Å². The summed E-state index contributed by atoms with van der Waals surface area (Å²) in [5, 5.41) is 15.9. The molecular weight excluding hydrogens is 346 g/mol. The maximum absolute atomic E-state index is 12.3. The van der Waals surface area contributed by atoms with E-state index >= 15 is 0 Å². The van der Waals surface area contributed by atoms with E-state index in [9.17, 15) is 9.90 Å². The molecule has 0 aliphatic carbocycles. The van der Waals surface area contributed by atoms with E-state index in [0.717, 1.165) is 27.4 Å². The summed E-state index contributed by atoms with van der Waals surface area (Å²) in [6, 6.07) is 9.24. The van der Waals surface area contributed by atoms with Crippen molar-refractivity contribution in [2.24, 2.45) is 0 Å². The maximum atomic E-state index is 12.3. The fourth-order valence-corrected chi connectivity index (χ4v) is 3.12. The van der Waals surface area contributed by atoms with Gasteiger partial charge in [0.1, 0.15) is 0 Å². The normalized spacial score (nSPS) is 11.4. The number of aromatic nitrogens is 2. The van der Waals surface area contributed by atoms with Crippen LogP contribution in [0.2, 0.25) is 0 Å². The third-order valence-corrected chi connectivity index (χ3v) is 4.84. The van der Waals surface area contributed by atoms with Crippen LogP contribution in [-0.2, 0) is 12.1 Å². The fourth-order valence-electron chi connectivity index (χ4n) is 2.51. The van der Waals surface area contributed by atoms with Gasteiger partial charge < -0.3 is 10.4 Å². The van der Waals surface area contributed by atoms with Crippen molar-refractivity contribution in [1.29, 1.82) is 0 Å². The number of hydrogen-bond acceptors (Lipinski definition) is 5. The first-order valence-electron chi connectivity index (χ1n) is 8.30. The summed E-state index contributed by atoms with van der Waals surface area (Å²) < 4.78 is 0. The molecule has 2 N–H and O–H groups in total. The minimum atomic E-state index is -0.948. The molecular formula is C20H21N3O2S. The molecule has 0 aliphatic heterocycles. The number of thiazole rings is 1. The lowest BCUT2D eigenvalue weighted by molar-refractivity contribution is 0.0782. The lowest BCUT2D eigenvalue weighted by Crippen LogP contribution is -2.22. The van der Waals surface area contributed by atoms with Crippen LogP contribution in [-0.4, -0.2) is 21.0 Å². The van der Waals surface area contributed by atoms with Gasteiger partial charge in [0.2, 0.25) is 0 Å². The van der Waals surface area contributed by atoms with E-state index in [0.29, 0.717) is 12.1 Å². The summed E-state index contributed by atoms with van der Waals surface area (Å²) >= 11 is 1.57. The quantitative estimate of drug-likeness (QED) is 0.721. The van der Waals surface area contributed by atoms with Crippen LogP contribution in [0.25, 0.3) is 11.1 Å².